The number of allylic oxidation sites excluding steroid dienone is 2. The van der Waals surface area contributed by atoms with Gasteiger partial charge in [0.2, 0.25) is 0 Å². The Hall–Kier alpha value is -2.74. The third-order valence-electron chi connectivity index (χ3n) is 2.87. The molecule has 2 rings (SSSR count). The van der Waals surface area contributed by atoms with E-state index >= 15 is 0 Å². The molecule has 0 saturated carbocycles. The van der Waals surface area contributed by atoms with Crippen molar-refractivity contribution in [2.75, 3.05) is 0 Å². The lowest BCUT2D eigenvalue weighted by Crippen LogP contribution is -2.01. The lowest BCUT2D eigenvalue weighted by molar-refractivity contribution is -0.121. The third-order valence-corrected chi connectivity index (χ3v) is 2.87. The van der Waals surface area contributed by atoms with Crippen LogP contribution < -0.4 is 0 Å². The highest BCUT2D eigenvalue weighted by molar-refractivity contribution is 6.10. The van der Waals surface area contributed by atoms with E-state index in [-0.39, 0.29) is 18.0 Å². The van der Waals surface area contributed by atoms with Crippen molar-refractivity contribution in [2.45, 2.75) is 6.42 Å². The number of benzene rings is 2. The van der Waals surface area contributed by atoms with Gasteiger partial charge in [-0.1, -0.05) is 72.8 Å². The molecule has 0 bridgehead atoms. The van der Waals surface area contributed by atoms with Gasteiger partial charge < -0.3 is 0 Å². The highest BCUT2D eigenvalue weighted by Crippen LogP contribution is 2.04. The first-order valence-electron chi connectivity index (χ1n) is 6.76. The molecule has 2 nitrogen and oxygen atoms in total. The van der Waals surface area contributed by atoms with Crippen LogP contribution in [0.1, 0.15) is 17.5 Å². The molecule has 0 aromatic heterocycles. The van der Waals surface area contributed by atoms with E-state index in [1.54, 1.807) is 12.2 Å². The largest absolute Gasteiger partial charge is 0.294 e. The Bertz CT molecular complexity index is 593. The number of rotatable bonds is 6. The van der Waals surface area contributed by atoms with E-state index in [1.807, 2.05) is 60.7 Å². The van der Waals surface area contributed by atoms with Crippen molar-refractivity contribution in [1.29, 1.82) is 0 Å². The summed E-state index contributed by atoms with van der Waals surface area (Å²) >= 11 is 0. The van der Waals surface area contributed by atoms with Crippen LogP contribution in [0.4, 0.5) is 0 Å². The number of carbonyl (C=O) groups excluding carboxylic acids is 2. The van der Waals surface area contributed by atoms with Crippen LogP contribution in [0.3, 0.4) is 0 Å². The van der Waals surface area contributed by atoms with Crippen molar-refractivity contribution in [3.05, 3.63) is 83.9 Å². The molecule has 2 heteroatoms. The molecule has 0 aliphatic carbocycles. The first-order chi connectivity index (χ1) is 10.2. The van der Waals surface area contributed by atoms with Crippen molar-refractivity contribution >= 4 is 23.7 Å². The predicted octanol–water partition coefficient (Wildman–Crippen LogP) is 3.94. The molecule has 0 aliphatic rings. The van der Waals surface area contributed by atoms with Crippen LogP contribution in [-0.4, -0.2) is 11.6 Å². The van der Waals surface area contributed by atoms with Crippen LogP contribution >= 0.6 is 0 Å². The van der Waals surface area contributed by atoms with Gasteiger partial charge in [0.25, 0.3) is 0 Å². The molecule has 104 valence electrons. The average Bonchev–Trinajstić information content (AvgIpc) is 2.53. The maximum Gasteiger partial charge on any atom is 0.163 e. The van der Waals surface area contributed by atoms with E-state index in [9.17, 15) is 9.59 Å². The monoisotopic (exact) mass is 276 g/mol. The SMILES string of the molecule is O=C(/C=C/c1ccccc1)CC(=O)/C=C/c1ccccc1. The lowest BCUT2D eigenvalue weighted by atomic mass is 10.1. The highest BCUT2D eigenvalue weighted by atomic mass is 16.1. The Labute approximate surface area is 124 Å². The molecule has 0 atom stereocenters. The summed E-state index contributed by atoms with van der Waals surface area (Å²) in [6.07, 6.45) is 6.23. The molecular formula is C19H16O2. The second kappa shape index (κ2) is 7.75. The van der Waals surface area contributed by atoms with Crippen LogP contribution in [0.15, 0.2) is 72.8 Å². The molecule has 0 aliphatic heterocycles. The Morgan fingerprint density at radius 3 is 1.43 bits per heavy atom. The quantitative estimate of drug-likeness (QED) is 0.591. The molecule has 0 unspecified atom stereocenters. The van der Waals surface area contributed by atoms with E-state index in [2.05, 4.69) is 0 Å². The number of hydrogen-bond donors (Lipinski definition) is 0. The van der Waals surface area contributed by atoms with Crippen molar-refractivity contribution in [3.8, 4) is 0 Å². The fourth-order valence-electron chi connectivity index (χ4n) is 1.80. The topological polar surface area (TPSA) is 34.1 Å². The minimum atomic E-state index is -0.193. The van der Waals surface area contributed by atoms with Gasteiger partial charge in [-0.05, 0) is 23.3 Å². The summed E-state index contributed by atoms with van der Waals surface area (Å²) in [6, 6.07) is 19.0. The average molecular weight is 276 g/mol. The van der Waals surface area contributed by atoms with Crippen molar-refractivity contribution in [1.82, 2.24) is 0 Å². The van der Waals surface area contributed by atoms with Crippen molar-refractivity contribution in [2.24, 2.45) is 0 Å². The fourth-order valence-corrected chi connectivity index (χ4v) is 1.80. The molecule has 2 aromatic rings. The molecule has 21 heavy (non-hydrogen) atoms. The van der Waals surface area contributed by atoms with Crippen molar-refractivity contribution in [3.63, 3.8) is 0 Å². The summed E-state index contributed by atoms with van der Waals surface area (Å²) in [5.74, 6) is -0.386. The van der Waals surface area contributed by atoms with Crippen LogP contribution in [0.5, 0.6) is 0 Å². The zero-order chi connectivity index (χ0) is 14.9. The van der Waals surface area contributed by atoms with Crippen LogP contribution in [-0.2, 0) is 9.59 Å². The van der Waals surface area contributed by atoms with Gasteiger partial charge in [-0.25, -0.2) is 0 Å². The second-order valence-corrected chi connectivity index (χ2v) is 4.60. The number of hydrogen-bond acceptors (Lipinski definition) is 2. The predicted molar refractivity (Wildman–Crippen MR) is 85.6 cm³/mol. The Kier molecular flexibility index (Phi) is 5.41. The van der Waals surface area contributed by atoms with E-state index in [1.165, 1.54) is 12.2 Å². The standard InChI is InChI=1S/C19H16O2/c20-18(13-11-16-7-3-1-4-8-16)15-19(21)14-12-17-9-5-2-6-10-17/h1-14H,15H2/b13-11+,14-12+. The van der Waals surface area contributed by atoms with E-state index < -0.39 is 0 Å². The van der Waals surface area contributed by atoms with Gasteiger partial charge in [0.15, 0.2) is 11.6 Å². The summed E-state index contributed by atoms with van der Waals surface area (Å²) in [5.41, 5.74) is 1.89. The third kappa shape index (κ3) is 5.41. The molecule has 0 fully saturated rings. The number of carbonyl (C=O) groups is 2. The molecule has 0 amide bonds. The van der Waals surface area contributed by atoms with E-state index in [4.69, 9.17) is 0 Å². The van der Waals surface area contributed by atoms with Crippen molar-refractivity contribution < 1.29 is 9.59 Å². The minimum absolute atomic E-state index is 0.104. The first-order valence-corrected chi connectivity index (χ1v) is 6.76. The van der Waals surface area contributed by atoms with Gasteiger partial charge in [0, 0.05) is 0 Å². The molecule has 2 aromatic carbocycles. The Balaban J connectivity index is 1.87. The van der Waals surface area contributed by atoms with E-state index in [0.717, 1.165) is 11.1 Å². The fraction of sp³-hybridized carbons (Fsp3) is 0.0526. The maximum absolute atomic E-state index is 11.7. The first kappa shape index (κ1) is 14.7. The van der Waals surface area contributed by atoms with Crippen LogP contribution in [0.25, 0.3) is 12.2 Å². The molecule has 0 N–H and O–H groups in total. The molecule has 0 spiro atoms. The molecule has 0 heterocycles. The van der Waals surface area contributed by atoms with Crippen LogP contribution in [0, 0.1) is 0 Å². The van der Waals surface area contributed by atoms with Gasteiger partial charge in [0.05, 0.1) is 6.42 Å². The summed E-state index contributed by atoms with van der Waals surface area (Å²) < 4.78 is 0. The molecular weight excluding hydrogens is 260 g/mol. The second-order valence-electron chi connectivity index (χ2n) is 4.60. The summed E-state index contributed by atoms with van der Waals surface area (Å²) in [5, 5.41) is 0. The highest BCUT2D eigenvalue weighted by Gasteiger charge is 2.03. The number of ketones is 2. The lowest BCUT2D eigenvalue weighted by Gasteiger charge is -1.93. The summed E-state index contributed by atoms with van der Waals surface area (Å²) in [4.78, 5) is 23.4. The molecule has 0 radical (unpaired) electrons. The minimum Gasteiger partial charge on any atom is -0.294 e. The Morgan fingerprint density at radius 1 is 0.667 bits per heavy atom. The zero-order valence-corrected chi connectivity index (χ0v) is 11.6. The Morgan fingerprint density at radius 2 is 1.05 bits per heavy atom. The summed E-state index contributed by atoms with van der Waals surface area (Å²) in [6.45, 7) is 0. The van der Waals surface area contributed by atoms with Gasteiger partial charge in [-0.2, -0.15) is 0 Å². The van der Waals surface area contributed by atoms with Gasteiger partial charge in [0.1, 0.15) is 0 Å². The van der Waals surface area contributed by atoms with Gasteiger partial charge >= 0.3 is 0 Å². The van der Waals surface area contributed by atoms with Gasteiger partial charge in [-0.3, -0.25) is 9.59 Å². The molecule has 0 saturated heterocycles. The van der Waals surface area contributed by atoms with Crippen LogP contribution in [0.2, 0.25) is 0 Å². The van der Waals surface area contributed by atoms with Gasteiger partial charge in [-0.15, -0.1) is 0 Å². The zero-order valence-electron chi connectivity index (χ0n) is 11.6. The maximum atomic E-state index is 11.7. The van der Waals surface area contributed by atoms with E-state index in [0.29, 0.717) is 0 Å². The normalized spacial score (nSPS) is 11.0. The summed E-state index contributed by atoms with van der Waals surface area (Å²) in [7, 11) is 0. The smallest absolute Gasteiger partial charge is 0.163 e.